The fourth-order valence-electron chi connectivity index (χ4n) is 1.52. The largest absolute Gasteiger partial charge is 0.508 e. The first kappa shape index (κ1) is 14.4. The van der Waals surface area contributed by atoms with Crippen LogP contribution in [0.15, 0.2) is 24.3 Å². The lowest BCUT2D eigenvalue weighted by Crippen LogP contribution is -2.17. The fraction of sp³-hybridized carbons (Fsp3) is 0.500. The Bertz CT molecular complexity index is 349. The van der Waals surface area contributed by atoms with E-state index in [1.54, 1.807) is 24.3 Å². The molecule has 0 fully saturated rings. The summed E-state index contributed by atoms with van der Waals surface area (Å²) >= 11 is 0. The maximum atomic E-state index is 11.4. The van der Waals surface area contributed by atoms with Crippen molar-refractivity contribution in [3.63, 3.8) is 0 Å². The van der Waals surface area contributed by atoms with Crippen LogP contribution in [0.3, 0.4) is 0 Å². The quantitative estimate of drug-likeness (QED) is 0.424. The lowest BCUT2D eigenvalue weighted by atomic mass is 10.2. The second kappa shape index (κ2) is 8.39. The number of phenolic OH excluding ortho intramolecular Hbond substituents is 1. The zero-order chi connectivity index (χ0) is 13.2. The summed E-state index contributed by atoms with van der Waals surface area (Å²) in [5, 5.41) is 12.0. The van der Waals surface area contributed by atoms with Crippen molar-refractivity contribution in [3.05, 3.63) is 24.3 Å². The number of carbonyl (C=O) groups excluding carboxylic acids is 1. The molecule has 0 amide bonds. The average molecular weight is 251 g/mol. The third-order valence-corrected chi connectivity index (χ3v) is 2.57. The van der Waals surface area contributed by atoms with Gasteiger partial charge in [0.1, 0.15) is 12.3 Å². The van der Waals surface area contributed by atoms with E-state index in [2.05, 4.69) is 12.2 Å². The first-order chi connectivity index (χ1) is 8.72. The number of rotatable bonds is 8. The number of phenols is 1. The predicted molar refractivity (Wildman–Crippen MR) is 71.7 cm³/mol. The third-order valence-electron chi connectivity index (χ3n) is 2.57. The molecule has 4 nitrogen and oxygen atoms in total. The van der Waals surface area contributed by atoms with Crippen LogP contribution in [0.1, 0.15) is 32.6 Å². The number of esters is 1. The zero-order valence-corrected chi connectivity index (χ0v) is 10.8. The molecule has 1 rings (SSSR count). The zero-order valence-electron chi connectivity index (χ0n) is 10.8. The van der Waals surface area contributed by atoms with Crippen molar-refractivity contribution in [2.75, 3.05) is 18.5 Å². The van der Waals surface area contributed by atoms with Crippen LogP contribution in [-0.4, -0.2) is 24.2 Å². The van der Waals surface area contributed by atoms with E-state index in [4.69, 9.17) is 9.84 Å². The van der Waals surface area contributed by atoms with E-state index in [-0.39, 0.29) is 18.3 Å². The minimum atomic E-state index is -0.250. The van der Waals surface area contributed by atoms with Crippen molar-refractivity contribution >= 4 is 11.7 Å². The Labute approximate surface area is 108 Å². The molecule has 0 heterocycles. The van der Waals surface area contributed by atoms with E-state index in [0.29, 0.717) is 6.61 Å². The topological polar surface area (TPSA) is 58.6 Å². The molecule has 1 aromatic carbocycles. The minimum Gasteiger partial charge on any atom is -0.508 e. The van der Waals surface area contributed by atoms with Crippen LogP contribution in [-0.2, 0) is 9.53 Å². The molecule has 0 spiro atoms. The lowest BCUT2D eigenvalue weighted by molar-refractivity contribution is -0.141. The molecule has 0 radical (unpaired) electrons. The fourth-order valence-corrected chi connectivity index (χ4v) is 1.52. The van der Waals surface area contributed by atoms with E-state index in [1.165, 1.54) is 12.8 Å². The van der Waals surface area contributed by atoms with Crippen LogP contribution < -0.4 is 5.32 Å². The van der Waals surface area contributed by atoms with E-state index in [0.717, 1.165) is 18.5 Å². The number of unbranched alkanes of at least 4 members (excludes halogenated alkanes) is 3. The molecule has 0 saturated carbocycles. The van der Waals surface area contributed by atoms with Crippen molar-refractivity contribution in [1.82, 2.24) is 0 Å². The number of aromatic hydroxyl groups is 1. The second-order valence-corrected chi connectivity index (χ2v) is 4.18. The maximum absolute atomic E-state index is 11.4. The summed E-state index contributed by atoms with van der Waals surface area (Å²) in [6.45, 7) is 2.79. The van der Waals surface area contributed by atoms with Gasteiger partial charge in [-0.3, -0.25) is 4.79 Å². The van der Waals surface area contributed by atoms with Crippen LogP contribution in [0.5, 0.6) is 5.75 Å². The lowest BCUT2D eigenvalue weighted by Gasteiger charge is -2.07. The smallest absolute Gasteiger partial charge is 0.325 e. The Morgan fingerprint density at radius 2 is 1.94 bits per heavy atom. The minimum absolute atomic E-state index is 0.151. The van der Waals surface area contributed by atoms with Gasteiger partial charge in [-0.15, -0.1) is 0 Å². The summed E-state index contributed by atoms with van der Waals surface area (Å²) in [7, 11) is 0. The van der Waals surface area contributed by atoms with Gasteiger partial charge in [0.15, 0.2) is 0 Å². The molecule has 0 saturated heterocycles. The normalized spacial score (nSPS) is 10.1. The molecule has 0 atom stereocenters. The van der Waals surface area contributed by atoms with Gasteiger partial charge in [-0.05, 0) is 30.7 Å². The predicted octanol–water partition coefficient (Wildman–Crippen LogP) is 2.93. The van der Waals surface area contributed by atoms with Crippen molar-refractivity contribution in [3.8, 4) is 5.75 Å². The third kappa shape index (κ3) is 6.13. The van der Waals surface area contributed by atoms with E-state index in [1.807, 2.05) is 0 Å². The Balaban J connectivity index is 2.11. The van der Waals surface area contributed by atoms with E-state index >= 15 is 0 Å². The summed E-state index contributed by atoms with van der Waals surface area (Å²) in [5.74, 6) is -0.0429. The molecule has 1 aromatic rings. The monoisotopic (exact) mass is 251 g/mol. The molecule has 0 aromatic heterocycles. The molecule has 4 heteroatoms. The number of hydrogen-bond acceptors (Lipinski definition) is 4. The van der Waals surface area contributed by atoms with Gasteiger partial charge in [-0.1, -0.05) is 26.2 Å². The van der Waals surface area contributed by atoms with Crippen LogP contribution in [0.25, 0.3) is 0 Å². The van der Waals surface area contributed by atoms with Gasteiger partial charge in [0, 0.05) is 5.69 Å². The number of anilines is 1. The molecule has 0 aliphatic carbocycles. The second-order valence-electron chi connectivity index (χ2n) is 4.18. The highest BCUT2D eigenvalue weighted by Crippen LogP contribution is 2.13. The van der Waals surface area contributed by atoms with E-state index in [9.17, 15) is 4.79 Å². The van der Waals surface area contributed by atoms with Gasteiger partial charge >= 0.3 is 5.97 Å². The summed E-state index contributed by atoms with van der Waals surface area (Å²) in [5.41, 5.74) is 0.788. The number of ether oxygens (including phenoxy) is 1. The average Bonchev–Trinajstić information content (AvgIpc) is 2.38. The molecule has 18 heavy (non-hydrogen) atoms. The standard InChI is InChI=1S/C14H21NO3/c1-2-3-4-5-10-18-14(17)11-15-12-6-8-13(16)9-7-12/h6-9,15-16H,2-5,10-11H2,1H3. The highest BCUT2D eigenvalue weighted by atomic mass is 16.5. The van der Waals surface area contributed by atoms with Crippen LogP contribution in [0.2, 0.25) is 0 Å². The van der Waals surface area contributed by atoms with Crippen molar-refractivity contribution in [2.24, 2.45) is 0 Å². The van der Waals surface area contributed by atoms with Gasteiger partial charge in [0.25, 0.3) is 0 Å². The molecule has 0 unspecified atom stereocenters. The first-order valence-electron chi connectivity index (χ1n) is 6.41. The molecule has 0 bridgehead atoms. The summed E-state index contributed by atoms with van der Waals surface area (Å²) in [6.07, 6.45) is 4.40. The molecular formula is C14H21NO3. The summed E-state index contributed by atoms with van der Waals surface area (Å²) in [6, 6.07) is 6.56. The maximum Gasteiger partial charge on any atom is 0.325 e. The van der Waals surface area contributed by atoms with Gasteiger partial charge in [-0.25, -0.2) is 0 Å². The highest BCUT2D eigenvalue weighted by molar-refractivity contribution is 5.74. The Morgan fingerprint density at radius 1 is 1.22 bits per heavy atom. The molecule has 0 aliphatic heterocycles. The summed E-state index contributed by atoms with van der Waals surface area (Å²) in [4.78, 5) is 11.4. The molecular weight excluding hydrogens is 230 g/mol. The van der Waals surface area contributed by atoms with Crippen LogP contribution in [0, 0.1) is 0 Å². The number of carbonyl (C=O) groups is 1. The van der Waals surface area contributed by atoms with Crippen molar-refractivity contribution in [2.45, 2.75) is 32.6 Å². The Kier molecular flexibility index (Phi) is 6.69. The van der Waals surface area contributed by atoms with Crippen LogP contribution >= 0.6 is 0 Å². The number of nitrogens with one attached hydrogen (secondary N) is 1. The van der Waals surface area contributed by atoms with Gasteiger partial charge in [-0.2, -0.15) is 0 Å². The first-order valence-corrected chi connectivity index (χ1v) is 6.41. The Morgan fingerprint density at radius 3 is 2.61 bits per heavy atom. The molecule has 0 aliphatic rings. The van der Waals surface area contributed by atoms with Gasteiger partial charge < -0.3 is 15.2 Å². The highest BCUT2D eigenvalue weighted by Gasteiger charge is 2.02. The molecule has 2 N–H and O–H groups in total. The number of hydrogen-bond donors (Lipinski definition) is 2. The van der Waals surface area contributed by atoms with Gasteiger partial charge in [0.05, 0.1) is 6.61 Å². The van der Waals surface area contributed by atoms with Crippen LogP contribution in [0.4, 0.5) is 5.69 Å². The van der Waals surface area contributed by atoms with E-state index < -0.39 is 0 Å². The van der Waals surface area contributed by atoms with Crippen molar-refractivity contribution in [1.29, 1.82) is 0 Å². The Hall–Kier alpha value is -1.71. The SMILES string of the molecule is CCCCCCOC(=O)CNc1ccc(O)cc1. The van der Waals surface area contributed by atoms with Gasteiger partial charge in [0.2, 0.25) is 0 Å². The van der Waals surface area contributed by atoms with Crippen molar-refractivity contribution < 1.29 is 14.6 Å². The summed E-state index contributed by atoms with van der Waals surface area (Å²) < 4.78 is 5.08. The number of benzene rings is 1. The molecule has 100 valence electrons.